The molecule has 0 amide bonds. The van der Waals surface area contributed by atoms with Crippen LogP contribution in [0.2, 0.25) is 0 Å². The van der Waals surface area contributed by atoms with Crippen molar-refractivity contribution in [1.82, 2.24) is 0 Å². The second kappa shape index (κ2) is 17.8. The molecule has 1 aliphatic carbocycles. The van der Waals surface area contributed by atoms with Crippen molar-refractivity contribution >= 4 is 5.57 Å². The van der Waals surface area contributed by atoms with Crippen molar-refractivity contribution in [2.45, 2.75) is 104 Å². The van der Waals surface area contributed by atoms with E-state index in [4.69, 9.17) is 0 Å². The topological polar surface area (TPSA) is 95.2 Å². The first-order valence-corrected chi connectivity index (χ1v) is 18.5. The van der Waals surface area contributed by atoms with Crippen molar-refractivity contribution in [3.63, 3.8) is 0 Å². The van der Waals surface area contributed by atoms with Gasteiger partial charge >= 0.3 is 0 Å². The monoisotopic (exact) mass is 654 g/mol. The number of unbranched alkanes of at least 4 members (excludes halogenated alkanes) is 10. The summed E-state index contributed by atoms with van der Waals surface area (Å²) in [6.07, 6.45) is 17.2. The maximum Gasteiger partial charge on any atom is 0.138 e. The molecule has 50 heavy (non-hydrogen) atoms. The predicted octanol–water partition coefficient (Wildman–Crippen LogP) is 12.4. The molecule has 0 unspecified atom stereocenters. The van der Waals surface area contributed by atoms with Crippen LogP contribution in [0.1, 0.15) is 124 Å². The lowest BCUT2D eigenvalue weighted by molar-refractivity contribution is 0.607. The molecule has 0 saturated carbocycles. The van der Waals surface area contributed by atoms with E-state index < -0.39 is 0 Å². The molecule has 0 N–H and O–H groups in total. The molecule has 5 rings (SSSR count). The molecule has 250 valence electrons. The third-order valence-corrected chi connectivity index (χ3v) is 10.0. The minimum Gasteiger partial charge on any atom is -0.192 e. The van der Waals surface area contributed by atoms with Gasteiger partial charge in [-0.05, 0) is 94.5 Å². The number of aryl methyl sites for hydroxylation is 2. The summed E-state index contributed by atoms with van der Waals surface area (Å²) >= 11 is 0. The maximum absolute atomic E-state index is 10.3. The molecule has 4 aromatic rings. The summed E-state index contributed by atoms with van der Waals surface area (Å²) in [6.45, 7) is 4.48. The molecule has 0 heterocycles. The molecule has 0 aliphatic heterocycles. The van der Waals surface area contributed by atoms with Crippen LogP contribution in [-0.4, -0.2) is 0 Å². The zero-order valence-corrected chi connectivity index (χ0v) is 29.6. The average Bonchev–Trinajstić information content (AvgIpc) is 3.46. The Kier molecular flexibility index (Phi) is 12.8. The van der Waals surface area contributed by atoms with Gasteiger partial charge in [-0.2, -0.15) is 21.0 Å². The van der Waals surface area contributed by atoms with Gasteiger partial charge in [0, 0.05) is 16.7 Å². The Bertz CT molecular complexity index is 1860. The van der Waals surface area contributed by atoms with Gasteiger partial charge < -0.3 is 0 Å². The van der Waals surface area contributed by atoms with Crippen LogP contribution >= 0.6 is 0 Å². The van der Waals surface area contributed by atoms with Gasteiger partial charge in [0.2, 0.25) is 0 Å². The van der Waals surface area contributed by atoms with Crippen LogP contribution in [0.5, 0.6) is 0 Å². The average molecular weight is 655 g/mol. The fourth-order valence-corrected chi connectivity index (χ4v) is 7.19. The van der Waals surface area contributed by atoms with Gasteiger partial charge in [0.05, 0.1) is 23.3 Å². The first-order chi connectivity index (χ1) is 24.6. The van der Waals surface area contributed by atoms with E-state index in [0.29, 0.717) is 27.8 Å². The van der Waals surface area contributed by atoms with Crippen molar-refractivity contribution in [1.29, 1.82) is 21.0 Å². The SMILES string of the molecule is CCCCCCCCc1ccc(-c2cc3c(cc2C#N)C(=C(C#N)C#N)c2cc(C#N)c(-c4ccc(CCCCCCCC)cc4)cc2-3)cc1. The Balaban J connectivity index is 1.49. The normalized spacial score (nSPS) is 11.2. The summed E-state index contributed by atoms with van der Waals surface area (Å²) in [4.78, 5) is 0. The Labute approximate surface area is 299 Å². The smallest absolute Gasteiger partial charge is 0.138 e. The molecule has 0 saturated heterocycles. The van der Waals surface area contributed by atoms with Gasteiger partial charge in [0.25, 0.3) is 0 Å². The molecule has 0 atom stereocenters. The summed E-state index contributed by atoms with van der Waals surface area (Å²) in [7, 11) is 0. The number of nitriles is 4. The van der Waals surface area contributed by atoms with E-state index >= 15 is 0 Å². The number of rotatable bonds is 16. The summed E-state index contributed by atoms with van der Waals surface area (Å²) in [5, 5.41) is 40.5. The summed E-state index contributed by atoms with van der Waals surface area (Å²) in [6, 6.07) is 33.5. The van der Waals surface area contributed by atoms with Crippen molar-refractivity contribution in [2.75, 3.05) is 0 Å². The quantitative estimate of drug-likeness (QED) is 0.0781. The van der Waals surface area contributed by atoms with E-state index in [-0.39, 0.29) is 5.57 Å². The lowest BCUT2D eigenvalue weighted by atomic mass is 9.91. The first kappa shape index (κ1) is 35.9. The van der Waals surface area contributed by atoms with Crippen LogP contribution in [0.4, 0.5) is 0 Å². The van der Waals surface area contributed by atoms with Crippen molar-refractivity contribution in [2.24, 2.45) is 0 Å². The van der Waals surface area contributed by atoms with Crippen LogP contribution in [0, 0.1) is 45.3 Å². The van der Waals surface area contributed by atoms with Crippen molar-refractivity contribution in [3.8, 4) is 57.7 Å². The molecule has 4 heteroatoms. The van der Waals surface area contributed by atoms with Crippen LogP contribution in [0.15, 0.2) is 78.4 Å². The number of benzene rings is 4. The van der Waals surface area contributed by atoms with Gasteiger partial charge in [0.15, 0.2) is 0 Å². The summed E-state index contributed by atoms with van der Waals surface area (Å²) in [5.41, 5.74) is 10.6. The highest BCUT2D eigenvalue weighted by atomic mass is 14.4. The zero-order valence-electron chi connectivity index (χ0n) is 29.6. The second-order valence-electron chi connectivity index (χ2n) is 13.5. The molecular weight excluding hydrogens is 609 g/mol. The molecule has 0 bridgehead atoms. The molecule has 0 aromatic heterocycles. The summed E-state index contributed by atoms with van der Waals surface area (Å²) < 4.78 is 0. The van der Waals surface area contributed by atoms with E-state index in [1.165, 1.54) is 88.2 Å². The second-order valence-corrected chi connectivity index (χ2v) is 13.5. The highest BCUT2D eigenvalue weighted by molar-refractivity contribution is 6.07. The Morgan fingerprint density at radius 1 is 0.440 bits per heavy atom. The Morgan fingerprint density at radius 3 is 1.18 bits per heavy atom. The lowest BCUT2D eigenvalue weighted by Gasteiger charge is -2.12. The van der Waals surface area contributed by atoms with Crippen molar-refractivity contribution < 1.29 is 0 Å². The summed E-state index contributed by atoms with van der Waals surface area (Å²) in [5.74, 6) is 0. The van der Waals surface area contributed by atoms with Crippen molar-refractivity contribution in [3.05, 3.63) is 112 Å². The molecule has 0 radical (unpaired) electrons. The minimum absolute atomic E-state index is 0.0311. The highest BCUT2D eigenvalue weighted by Crippen LogP contribution is 2.50. The van der Waals surface area contributed by atoms with Crippen LogP contribution in [0.25, 0.3) is 39.0 Å². The standard InChI is InChI=1S/C46H46N4/c1-3-5-7-9-11-13-15-33-17-21-35(22-18-33)40-27-42-43-28-41(36-23-19-34(20-24-36)16-14-12-10-8-6-4-2)38(30-48)26-45(43)46(39(31-49)32-50)44(42)25-37(40)29-47/h17-28H,3-16H2,1-2H3. The van der Waals surface area contributed by atoms with Crippen LogP contribution in [0.3, 0.4) is 0 Å². The molecule has 1 aliphatic rings. The maximum atomic E-state index is 10.3. The molecule has 4 aromatic carbocycles. The number of allylic oxidation sites excluding steroid dienone is 1. The Hall–Kier alpha value is -5.42. The van der Waals surface area contributed by atoms with Gasteiger partial charge in [0.1, 0.15) is 17.7 Å². The third kappa shape index (κ3) is 8.23. The third-order valence-electron chi connectivity index (χ3n) is 10.0. The van der Waals surface area contributed by atoms with Crippen LogP contribution in [-0.2, 0) is 12.8 Å². The number of hydrogen-bond donors (Lipinski definition) is 0. The minimum atomic E-state index is -0.0311. The zero-order chi connectivity index (χ0) is 35.3. The van der Waals surface area contributed by atoms with E-state index in [2.05, 4.69) is 86.7 Å². The van der Waals surface area contributed by atoms with Gasteiger partial charge in [-0.1, -0.05) is 127 Å². The van der Waals surface area contributed by atoms with Gasteiger partial charge in [-0.3, -0.25) is 0 Å². The Morgan fingerprint density at radius 2 is 0.820 bits per heavy atom. The predicted molar refractivity (Wildman–Crippen MR) is 204 cm³/mol. The van der Waals surface area contributed by atoms with E-state index in [1.54, 1.807) is 0 Å². The number of hydrogen-bond acceptors (Lipinski definition) is 4. The number of nitrogens with zero attached hydrogens (tertiary/aromatic N) is 4. The largest absolute Gasteiger partial charge is 0.192 e. The van der Waals surface area contributed by atoms with Gasteiger partial charge in [-0.25, -0.2) is 0 Å². The molecule has 4 nitrogen and oxygen atoms in total. The molecule has 0 fully saturated rings. The highest BCUT2D eigenvalue weighted by Gasteiger charge is 2.30. The lowest BCUT2D eigenvalue weighted by Crippen LogP contribution is -1.92. The van der Waals surface area contributed by atoms with E-state index in [9.17, 15) is 21.0 Å². The first-order valence-electron chi connectivity index (χ1n) is 18.5. The van der Waals surface area contributed by atoms with Crippen LogP contribution < -0.4 is 0 Å². The molecular formula is C46H46N4. The van der Waals surface area contributed by atoms with E-state index in [0.717, 1.165) is 46.2 Å². The fraction of sp³-hybridized carbons (Fsp3) is 0.348. The molecule has 0 spiro atoms. The van der Waals surface area contributed by atoms with Gasteiger partial charge in [-0.15, -0.1) is 0 Å². The van der Waals surface area contributed by atoms with E-state index in [1.807, 2.05) is 24.3 Å². The fourth-order valence-electron chi connectivity index (χ4n) is 7.19. The number of fused-ring (bicyclic) bond motifs is 3.